The number of aryl methyl sites for hydroxylation is 1. The Kier molecular flexibility index (Phi) is 8.38. The van der Waals surface area contributed by atoms with E-state index in [1.807, 2.05) is 13.0 Å². The van der Waals surface area contributed by atoms with E-state index in [9.17, 15) is 9.18 Å². The van der Waals surface area contributed by atoms with Crippen molar-refractivity contribution in [1.29, 1.82) is 0 Å². The van der Waals surface area contributed by atoms with Gasteiger partial charge in [-0.2, -0.15) is 0 Å². The zero-order valence-corrected chi connectivity index (χ0v) is 15.9. The summed E-state index contributed by atoms with van der Waals surface area (Å²) in [6.45, 7) is 5.36. The molecular formula is C20H31FN4O. The third-order valence-corrected chi connectivity index (χ3v) is 4.62. The Labute approximate surface area is 155 Å². The number of halogens is 1. The normalized spacial score (nSPS) is 15.6. The fraction of sp³-hybridized carbons (Fsp3) is 0.600. The molecule has 1 aromatic rings. The van der Waals surface area contributed by atoms with E-state index >= 15 is 0 Å². The van der Waals surface area contributed by atoms with Crippen LogP contribution in [-0.4, -0.2) is 31.0 Å². The van der Waals surface area contributed by atoms with Gasteiger partial charge in [0.25, 0.3) is 0 Å². The molecule has 0 aromatic heterocycles. The molecule has 1 fully saturated rings. The zero-order chi connectivity index (χ0) is 18.8. The fourth-order valence-corrected chi connectivity index (χ4v) is 3.09. The van der Waals surface area contributed by atoms with Crippen LogP contribution in [0.1, 0.15) is 56.6 Å². The SMILES string of the molecule is CCNC(=NCc1ccc(C)c(F)c1)NCCC(=O)NC1CCCCC1. The maximum atomic E-state index is 13.6. The second-order valence-corrected chi connectivity index (χ2v) is 6.86. The lowest BCUT2D eigenvalue weighted by Gasteiger charge is -2.22. The van der Waals surface area contributed by atoms with Gasteiger partial charge in [-0.15, -0.1) is 0 Å². The lowest BCUT2D eigenvalue weighted by Crippen LogP contribution is -2.41. The number of nitrogens with one attached hydrogen (secondary N) is 3. The second-order valence-electron chi connectivity index (χ2n) is 6.86. The molecule has 0 radical (unpaired) electrons. The largest absolute Gasteiger partial charge is 0.357 e. The van der Waals surface area contributed by atoms with E-state index in [4.69, 9.17) is 0 Å². The number of hydrogen-bond acceptors (Lipinski definition) is 2. The van der Waals surface area contributed by atoms with Gasteiger partial charge in [-0.1, -0.05) is 31.4 Å². The van der Waals surface area contributed by atoms with Gasteiger partial charge >= 0.3 is 0 Å². The summed E-state index contributed by atoms with van der Waals surface area (Å²) in [4.78, 5) is 16.5. The number of carbonyl (C=O) groups is 1. The van der Waals surface area contributed by atoms with Crippen molar-refractivity contribution < 1.29 is 9.18 Å². The average molecular weight is 362 g/mol. The van der Waals surface area contributed by atoms with Crippen LogP contribution >= 0.6 is 0 Å². The van der Waals surface area contributed by atoms with Crippen molar-refractivity contribution in [3.8, 4) is 0 Å². The number of carbonyl (C=O) groups excluding carboxylic acids is 1. The lowest BCUT2D eigenvalue weighted by molar-refractivity contribution is -0.121. The minimum Gasteiger partial charge on any atom is -0.357 e. The highest BCUT2D eigenvalue weighted by atomic mass is 19.1. The third-order valence-electron chi connectivity index (χ3n) is 4.62. The second kappa shape index (κ2) is 10.8. The topological polar surface area (TPSA) is 65.5 Å². The van der Waals surface area contributed by atoms with Crippen LogP contribution < -0.4 is 16.0 Å². The molecule has 0 atom stereocenters. The summed E-state index contributed by atoms with van der Waals surface area (Å²) in [5.74, 6) is 0.509. The van der Waals surface area contributed by atoms with Crippen molar-refractivity contribution in [2.75, 3.05) is 13.1 Å². The maximum Gasteiger partial charge on any atom is 0.221 e. The Morgan fingerprint density at radius 2 is 2.00 bits per heavy atom. The Morgan fingerprint density at radius 3 is 2.69 bits per heavy atom. The summed E-state index contributed by atoms with van der Waals surface area (Å²) in [5.41, 5.74) is 1.45. The van der Waals surface area contributed by atoms with Crippen LogP contribution in [0, 0.1) is 12.7 Å². The minimum absolute atomic E-state index is 0.0841. The first-order valence-electron chi connectivity index (χ1n) is 9.65. The van der Waals surface area contributed by atoms with Crippen molar-refractivity contribution in [2.45, 2.75) is 65.0 Å². The molecule has 0 aliphatic heterocycles. The standard InChI is InChI=1S/C20H31FN4O/c1-3-22-20(24-14-16-10-9-15(2)18(21)13-16)23-12-11-19(26)25-17-7-5-4-6-8-17/h9-10,13,17H,3-8,11-12,14H2,1-2H3,(H,25,26)(H2,22,23,24). The van der Waals surface area contributed by atoms with Crippen LogP contribution in [0.2, 0.25) is 0 Å². The quantitative estimate of drug-likeness (QED) is 0.516. The van der Waals surface area contributed by atoms with E-state index in [2.05, 4.69) is 20.9 Å². The molecule has 0 saturated heterocycles. The number of guanidine groups is 1. The van der Waals surface area contributed by atoms with Gasteiger partial charge in [-0.05, 0) is 43.9 Å². The molecule has 26 heavy (non-hydrogen) atoms. The van der Waals surface area contributed by atoms with Crippen molar-refractivity contribution in [3.05, 3.63) is 35.1 Å². The first-order valence-corrected chi connectivity index (χ1v) is 9.65. The maximum absolute atomic E-state index is 13.6. The first kappa shape index (κ1) is 20.2. The molecule has 2 rings (SSSR count). The molecule has 1 aromatic carbocycles. The first-order chi connectivity index (χ1) is 12.6. The molecule has 5 nitrogen and oxygen atoms in total. The molecule has 1 aliphatic carbocycles. The van der Waals surface area contributed by atoms with Gasteiger partial charge in [0.05, 0.1) is 6.54 Å². The molecule has 1 saturated carbocycles. The summed E-state index contributed by atoms with van der Waals surface area (Å²) < 4.78 is 13.6. The van der Waals surface area contributed by atoms with E-state index in [1.54, 1.807) is 13.0 Å². The van der Waals surface area contributed by atoms with Gasteiger partial charge in [0.2, 0.25) is 5.91 Å². The number of hydrogen-bond donors (Lipinski definition) is 3. The Bertz CT molecular complexity index is 612. The van der Waals surface area contributed by atoms with Gasteiger partial charge in [0.1, 0.15) is 5.82 Å². The van der Waals surface area contributed by atoms with Crippen molar-refractivity contribution in [3.63, 3.8) is 0 Å². The predicted octanol–water partition coefficient (Wildman–Crippen LogP) is 3.03. The van der Waals surface area contributed by atoms with E-state index in [0.717, 1.165) is 24.9 Å². The van der Waals surface area contributed by atoms with E-state index in [-0.39, 0.29) is 11.7 Å². The highest BCUT2D eigenvalue weighted by molar-refractivity contribution is 5.81. The Balaban J connectivity index is 1.77. The summed E-state index contributed by atoms with van der Waals surface area (Å²) in [5, 5.41) is 9.43. The minimum atomic E-state index is -0.213. The average Bonchev–Trinajstić information content (AvgIpc) is 2.63. The van der Waals surface area contributed by atoms with Crippen LogP contribution in [-0.2, 0) is 11.3 Å². The predicted molar refractivity (Wildman–Crippen MR) is 104 cm³/mol. The molecule has 1 amide bonds. The number of rotatable bonds is 7. The third kappa shape index (κ3) is 7.02. The van der Waals surface area contributed by atoms with Crippen molar-refractivity contribution in [1.82, 2.24) is 16.0 Å². The smallest absolute Gasteiger partial charge is 0.221 e. The molecule has 0 spiro atoms. The number of amides is 1. The molecule has 3 N–H and O–H groups in total. The van der Waals surface area contributed by atoms with Crippen LogP contribution in [0.4, 0.5) is 4.39 Å². The zero-order valence-electron chi connectivity index (χ0n) is 15.9. The summed E-state index contributed by atoms with van der Waals surface area (Å²) in [7, 11) is 0. The van der Waals surface area contributed by atoms with Crippen molar-refractivity contribution >= 4 is 11.9 Å². The van der Waals surface area contributed by atoms with Crippen LogP contribution in [0.5, 0.6) is 0 Å². The Hall–Kier alpha value is -2.11. The van der Waals surface area contributed by atoms with Gasteiger partial charge < -0.3 is 16.0 Å². The van der Waals surface area contributed by atoms with Gasteiger partial charge in [0, 0.05) is 25.6 Å². The van der Waals surface area contributed by atoms with Gasteiger partial charge in [-0.3, -0.25) is 4.79 Å². The molecule has 0 heterocycles. The van der Waals surface area contributed by atoms with E-state index < -0.39 is 0 Å². The molecular weight excluding hydrogens is 331 g/mol. The number of benzene rings is 1. The molecule has 0 unspecified atom stereocenters. The highest BCUT2D eigenvalue weighted by Gasteiger charge is 2.15. The summed E-state index contributed by atoms with van der Waals surface area (Å²) in [6, 6.07) is 5.49. The van der Waals surface area contributed by atoms with Gasteiger partial charge in [-0.25, -0.2) is 9.38 Å². The Morgan fingerprint density at radius 1 is 1.23 bits per heavy atom. The monoisotopic (exact) mass is 362 g/mol. The summed E-state index contributed by atoms with van der Waals surface area (Å²) >= 11 is 0. The number of nitrogens with zero attached hydrogens (tertiary/aromatic N) is 1. The van der Waals surface area contributed by atoms with Crippen LogP contribution in [0.3, 0.4) is 0 Å². The van der Waals surface area contributed by atoms with Crippen molar-refractivity contribution in [2.24, 2.45) is 4.99 Å². The van der Waals surface area contributed by atoms with Crippen LogP contribution in [0.15, 0.2) is 23.2 Å². The van der Waals surface area contributed by atoms with E-state index in [1.165, 1.54) is 25.3 Å². The lowest BCUT2D eigenvalue weighted by atomic mass is 9.95. The van der Waals surface area contributed by atoms with E-state index in [0.29, 0.717) is 37.1 Å². The van der Waals surface area contributed by atoms with Crippen LogP contribution in [0.25, 0.3) is 0 Å². The molecule has 144 valence electrons. The number of aliphatic imine (C=N–C) groups is 1. The highest BCUT2D eigenvalue weighted by Crippen LogP contribution is 2.17. The molecule has 6 heteroatoms. The fourth-order valence-electron chi connectivity index (χ4n) is 3.09. The summed E-state index contributed by atoms with van der Waals surface area (Å²) in [6.07, 6.45) is 6.30. The molecule has 0 bridgehead atoms. The molecule has 1 aliphatic rings. The van der Waals surface area contributed by atoms with Gasteiger partial charge in [0.15, 0.2) is 5.96 Å².